The topological polar surface area (TPSA) is 22.1 Å². The summed E-state index contributed by atoms with van der Waals surface area (Å²) in [6.45, 7) is 2.67. The number of halogens is 2. The van der Waals surface area contributed by atoms with E-state index < -0.39 is 0 Å². The lowest BCUT2D eigenvalue weighted by Gasteiger charge is -2.08. The van der Waals surface area contributed by atoms with Gasteiger partial charge in [0.1, 0.15) is 5.75 Å². The van der Waals surface area contributed by atoms with E-state index in [1.165, 1.54) is 0 Å². The third-order valence-corrected chi connectivity index (χ3v) is 4.17. The maximum atomic E-state index is 5.75. The fourth-order valence-electron chi connectivity index (χ4n) is 1.55. The van der Waals surface area contributed by atoms with Gasteiger partial charge in [-0.1, -0.05) is 15.9 Å². The number of ether oxygens (including phenoxy) is 1. The lowest BCUT2D eigenvalue weighted by atomic mass is 10.2. The first-order chi connectivity index (χ1) is 8.69. The molecule has 0 saturated heterocycles. The van der Waals surface area contributed by atoms with Crippen molar-refractivity contribution in [2.75, 3.05) is 6.61 Å². The lowest BCUT2D eigenvalue weighted by molar-refractivity contribution is 0.319. The molecule has 1 aromatic heterocycles. The average Bonchev–Trinajstić information content (AvgIpc) is 2.80. The van der Waals surface area contributed by atoms with Gasteiger partial charge in [-0.25, -0.2) is 4.98 Å². The maximum absolute atomic E-state index is 5.75. The molecule has 5 heteroatoms. The zero-order valence-electron chi connectivity index (χ0n) is 9.95. The van der Waals surface area contributed by atoms with E-state index in [1.807, 2.05) is 30.5 Å². The zero-order chi connectivity index (χ0) is 13.0. The van der Waals surface area contributed by atoms with E-state index in [-0.39, 0.29) is 0 Å². The van der Waals surface area contributed by atoms with Gasteiger partial charge in [-0.15, -0.1) is 22.9 Å². The van der Waals surface area contributed by atoms with E-state index >= 15 is 0 Å². The molecule has 0 aliphatic carbocycles. The van der Waals surface area contributed by atoms with E-state index in [2.05, 4.69) is 20.9 Å². The molecule has 2 aromatic rings. The number of alkyl halides is 1. The fourth-order valence-corrected chi connectivity index (χ4v) is 3.03. The molecule has 0 bridgehead atoms. The van der Waals surface area contributed by atoms with Crippen molar-refractivity contribution >= 4 is 38.9 Å². The van der Waals surface area contributed by atoms with Crippen LogP contribution < -0.4 is 4.74 Å². The molecular formula is C13H13BrClNOS. The van der Waals surface area contributed by atoms with Crippen molar-refractivity contribution in [1.29, 1.82) is 0 Å². The third-order valence-electron chi connectivity index (χ3n) is 2.45. The molecule has 0 aliphatic rings. The number of benzene rings is 1. The van der Waals surface area contributed by atoms with Crippen molar-refractivity contribution in [3.63, 3.8) is 0 Å². The first kappa shape index (κ1) is 13.8. The monoisotopic (exact) mass is 345 g/mol. The van der Waals surface area contributed by atoms with Crippen LogP contribution in [0.4, 0.5) is 0 Å². The fraction of sp³-hybridized carbons (Fsp3) is 0.308. The molecule has 1 heterocycles. The predicted molar refractivity (Wildman–Crippen MR) is 79.7 cm³/mol. The minimum Gasteiger partial charge on any atom is -0.493 e. The van der Waals surface area contributed by atoms with Gasteiger partial charge in [0.2, 0.25) is 0 Å². The first-order valence-corrected chi connectivity index (χ1v) is 7.78. The summed E-state index contributed by atoms with van der Waals surface area (Å²) in [5, 5.41) is 3.06. The molecule has 0 radical (unpaired) electrons. The van der Waals surface area contributed by atoms with Crippen molar-refractivity contribution in [2.24, 2.45) is 0 Å². The third kappa shape index (κ3) is 3.70. The number of aromatic nitrogens is 1. The number of rotatable bonds is 5. The first-order valence-electron chi connectivity index (χ1n) is 5.57. The summed E-state index contributed by atoms with van der Waals surface area (Å²) < 4.78 is 6.82. The largest absolute Gasteiger partial charge is 0.493 e. The summed E-state index contributed by atoms with van der Waals surface area (Å²) in [5.74, 6) is 1.40. The van der Waals surface area contributed by atoms with Crippen LogP contribution >= 0.6 is 38.9 Å². The Kier molecular flexibility index (Phi) is 5.03. The van der Waals surface area contributed by atoms with Crippen LogP contribution in [0.3, 0.4) is 0 Å². The van der Waals surface area contributed by atoms with Crippen LogP contribution in [0.25, 0.3) is 0 Å². The quantitative estimate of drug-likeness (QED) is 0.740. The molecular weight excluding hydrogens is 334 g/mol. The normalized spacial score (nSPS) is 10.6. The Morgan fingerprint density at radius 1 is 1.44 bits per heavy atom. The van der Waals surface area contributed by atoms with Gasteiger partial charge >= 0.3 is 0 Å². The van der Waals surface area contributed by atoms with Crippen LogP contribution in [0.5, 0.6) is 5.75 Å². The van der Waals surface area contributed by atoms with E-state index in [1.54, 1.807) is 11.3 Å². The van der Waals surface area contributed by atoms with Gasteiger partial charge in [0.25, 0.3) is 0 Å². The SMILES string of the molecule is Cc1cc(Br)ccc1OCCc1nc(CCl)cs1. The van der Waals surface area contributed by atoms with Gasteiger partial charge in [-0.2, -0.15) is 0 Å². The summed E-state index contributed by atoms with van der Waals surface area (Å²) in [7, 11) is 0. The van der Waals surface area contributed by atoms with Crippen LogP contribution in [-0.2, 0) is 12.3 Å². The van der Waals surface area contributed by atoms with Gasteiger partial charge in [0.15, 0.2) is 0 Å². The van der Waals surface area contributed by atoms with Crippen LogP contribution in [-0.4, -0.2) is 11.6 Å². The molecule has 0 spiro atoms. The molecule has 1 aromatic carbocycles. The molecule has 0 N–H and O–H groups in total. The van der Waals surface area contributed by atoms with Crippen molar-refractivity contribution < 1.29 is 4.74 Å². The van der Waals surface area contributed by atoms with Gasteiger partial charge in [-0.05, 0) is 30.7 Å². The summed E-state index contributed by atoms with van der Waals surface area (Å²) in [6.07, 6.45) is 0.817. The summed E-state index contributed by atoms with van der Waals surface area (Å²) >= 11 is 10.8. The van der Waals surface area contributed by atoms with Crippen molar-refractivity contribution in [3.8, 4) is 5.75 Å². The van der Waals surface area contributed by atoms with Crippen molar-refractivity contribution in [2.45, 2.75) is 19.2 Å². The van der Waals surface area contributed by atoms with Gasteiger partial charge < -0.3 is 4.74 Å². The smallest absolute Gasteiger partial charge is 0.122 e. The lowest BCUT2D eigenvalue weighted by Crippen LogP contribution is -2.02. The van der Waals surface area contributed by atoms with Crippen LogP contribution in [0, 0.1) is 6.92 Å². The number of thiazole rings is 1. The zero-order valence-corrected chi connectivity index (χ0v) is 13.1. The standard InChI is InChI=1S/C13H13BrClNOS/c1-9-6-10(14)2-3-12(9)17-5-4-13-16-11(7-15)8-18-13/h2-3,6,8H,4-5,7H2,1H3. The van der Waals surface area contributed by atoms with Gasteiger partial charge in [0, 0.05) is 16.3 Å². The molecule has 0 unspecified atom stereocenters. The second kappa shape index (κ2) is 6.55. The number of hydrogen-bond donors (Lipinski definition) is 0. The van der Waals surface area contributed by atoms with Crippen LogP contribution in [0.1, 0.15) is 16.3 Å². The minimum atomic E-state index is 0.475. The number of aryl methyl sites for hydroxylation is 1. The second-order valence-corrected chi connectivity index (χ2v) is 6.00. The van der Waals surface area contributed by atoms with Crippen LogP contribution in [0.15, 0.2) is 28.1 Å². The second-order valence-electron chi connectivity index (χ2n) is 3.87. The summed E-state index contributed by atoms with van der Waals surface area (Å²) in [4.78, 5) is 4.40. The highest BCUT2D eigenvalue weighted by Gasteiger charge is 2.03. The highest BCUT2D eigenvalue weighted by atomic mass is 79.9. The Hall–Kier alpha value is -0.580. The van der Waals surface area contributed by atoms with Crippen molar-refractivity contribution in [1.82, 2.24) is 4.98 Å². The molecule has 0 amide bonds. The molecule has 18 heavy (non-hydrogen) atoms. The average molecular weight is 347 g/mol. The summed E-state index contributed by atoms with van der Waals surface area (Å²) in [5.41, 5.74) is 2.07. The van der Waals surface area contributed by atoms with E-state index in [4.69, 9.17) is 16.3 Å². The highest BCUT2D eigenvalue weighted by Crippen LogP contribution is 2.22. The van der Waals surface area contributed by atoms with E-state index in [9.17, 15) is 0 Å². The Morgan fingerprint density at radius 3 is 2.94 bits per heavy atom. The number of hydrogen-bond acceptors (Lipinski definition) is 3. The van der Waals surface area contributed by atoms with E-state index in [0.717, 1.165) is 32.9 Å². The molecule has 0 fully saturated rings. The van der Waals surface area contributed by atoms with Crippen LogP contribution in [0.2, 0.25) is 0 Å². The van der Waals surface area contributed by atoms with Gasteiger partial charge in [-0.3, -0.25) is 0 Å². The highest BCUT2D eigenvalue weighted by molar-refractivity contribution is 9.10. The summed E-state index contributed by atoms with van der Waals surface area (Å²) in [6, 6.07) is 6.01. The predicted octanol–water partition coefficient (Wildman–Crippen LogP) is 4.57. The molecule has 2 rings (SSSR count). The maximum Gasteiger partial charge on any atom is 0.122 e. The molecule has 0 atom stereocenters. The molecule has 2 nitrogen and oxygen atoms in total. The minimum absolute atomic E-state index is 0.475. The van der Waals surface area contributed by atoms with E-state index in [0.29, 0.717) is 12.5 Å². The Bertz CT molecular complexity index is 529. The Morgan fingerprint density at radius 2 is 2.28 bits per heavy atom. The Balaban J connectivity index is 1.88. The molecule has 96 valence electrons. The molecule has 0 aliphatic heterocycles. The Labute approximate surface area is 124 Å². The molecule has 0 saturated carbocycles. The van der Waals surface area contributed by atoms with Crippen molar-refractivity contribution in [3.05, 3.63) is 44.3 Å². The number of nitrogens with zero attached hydrogens (tertiary/aromatic N) is 1. The van der Waals surface area contributed by atoms with Gasteiger partial charge in [0.05, 0.1) is 23.2 Å².